The molecule has 3 rings (SSSR count). The van der Waals surface area contributed by atoms with E-state index in [-0.39, 0.29) is 23.0 Å². The minimum atomic E-state index is -3.94. The van der Waals surface area contributed by atoms with Crippen LogP contribution in [0.5, 0.6) is 0 Å². The zero-order valence-corrected chi connectivity index (χ0v) is 17.5. The molecule has 0 bridgehead atoms. The lowest BCUT2D eigenvalue weighted by molar-refractivity contribution is -0.119. The zero-order chi connectivity index (χ0) is 21.2. The molecule has 0 spiro atoms. The molecule has 1 saturated heterocycles. The Morgan fingerprint density at radius 2 is 1.93 bits per heavy atom. The van der Waals surface area contributed by atoms with E-state index in [9.17, 15) is 18.0 Å². The molecule has 9 heteroatoms. The number of esters is 1. The molecule has 1 aromatic heterocycles. The molecule has 2 aromatic rings. The largest absolute Gasteiger partial charge is 0.464 e. The van der Waals surface area contributed by atoms with Crippen molar-refractivity contribution in [3.05, 3.63) is 47.8 Å². The van der Waals surface area contributed by atoms with Gasteiger partial charge in [-0.15, -0.1) is 0 Å². The molecule has 1 aliphatic heterocycles. The van der Waals surface area contributed by atoms with Crippen LogP contribution >= 0.6 is 0 Å². The fourth-order valence-electron chi connectivity index (χ4n) is 3.46. The lowest BCUT2D eigenvalue weighted by atomic mass is 10.1. The highest BCUT2D eigenvalue weighted by Crippen LogP contribution is 2.28. The molecule has 1 unspecified atom stereocenters. The monoisotopic (exact) mass is 419 g/mol. The maximum atomic E-state index is 13.1. The molecule has 1 N–H and O–H groups in total. The molecule has 0 aliphatic carbocycles. The fraction of sp³-hybridized carbons (Fsp3) is 0.400. The fourth-order valence-corrected chi connectivity index (χ4v) is 5.19. The molecule has 2 heterocycles. The predicted octanol–water partition coefficient (Wildman–Crippen LogP) is 2.17. The third-order valence-electron chi connectivity index (χ3n) is 5.12. The number of carbonyl (C=O) groups excluding carboxylic acids is 2. The highest BCUT2D eigenvalue weighted by Gasteiger charge is 2.40. The quantitative estimate of drug-likeness (QED) is 0.724. The topological polar surface area (TPSA) is 97.7 Å². The number of carbonyl (C=O) groups is 2. The second-order valence-electron chi connectivity index (χ2n) is 6.98. The number of hydrogen-bond donors (Lipinski definition) is 1. The Morgan fingerprint density at radius 3 is 2.55 bits per heavy atom. The Hall–Kier alpha value is -2.65. The number of rotatable bonds is 6. The van der Waals surface area contributed by atoms with E-state index in [0.717, 1.165) is 12.0 Å². The Labute approximate surface area is 170 Å². The number of benzene rings is 1. The van der Waals surface area contributed by atoms with E-state index >= 15 is 0 Å². The highest BCUT2D eigenvalue weighted by molar-refractivity contribution is 7.89. The zero-order valence-electron chi connectivity index (χ0n) is 16.7. The SMILES string of the molecule is CCc1ccc(NC(=O)C2CCCN2S(=O)(=O)c2cc(C(=O)OC)n(C)c2)cc1. The maximum Gasteiger partial charge on any atom is 0.354 e. The summed E-state index contributed by atoms with van der Waals surface area (Å²) in [4.78, 5) is 24.6. The van der Waals surface area contributed by atoms with Gasteiger partial charge in [0.2, 0.25) is 15.9 Å². The number of nitrogens with zero attached hydrogens (tertiary/aromatic N) is 2. The highest BCUT2D eigenvalue weighted by atomic mass is 32.2. The Kier molecular flexibility index (Phi) is 6.09. The van der Waals surface area contributed by atoms with Crippen LogP contribution in [-0.4, -0.2) is 48.9 Å². The van der Waals surface area contributed by atoms with Crippen molar-refractivity contribution >= 4 is 27.6 Å². The number of sulfonamides is 1. The van der Waals surface area contributed by atoms with Crippen molar-refractivity contribution in [1.29, 1.82) is 0 Å². The summed E-state index contributed by atoms with van der Waals surface area (Å²) in [6, 6.07) is 7.95. The summed E-state index contributed by atoms with van der Waals surface area (Å²) < 4.78 is 33.6. The van der Waals surface area contributed by atoms with Crippen LogP contribution < -0.4 is 5.32 Å². The molecule has 1 fully saturated rings. The molecule has 1 aromatic carbocycles. The number of anilines is 1. The molecule has 1 amide bonds. The number of methoxy groups -OCH3 is 1. The van der Waals surface area contributed by atoms with Crippen molar-refractivity contribution in [3.8, 4) is 0 Å². The van der Waals surface area contributed by atoms with Gasteiger partial charge in [0.05, 0.1) is 7.11 Å². The van der Waals surface area contributed by atoms with Crippen molar-refractivity contribution in [2.24, 2.45) is 7.05 Å². The van der Waals surface area contributed by atoms with E-state index in [1.807, 2.05) is 31.2 Å². The summed E-state index contributed by atoms with van der Waals surface area (Å²) in [5, 5.41) is 2.81. The van der Waals surface area contributed by atoms with Crippen LogP contribution in [0.25, 0.3) is 0 Å². The summed E-state index contributed by atoms with van der Waals surface area (Å²) in [6.45, 7) is 2.29. The first-order valence-electron chi connectivity index (χ1n) is 9.44. The Morgan fingerprint density at radius 1 is 1.24 bits per heavy atom. The number of ether oxygens (including phenoxy) is 1. The van der Waals surface area contributed by atoms with Crippen molar-refractivity contribution in [2.45, 2.75) is 37.1 Å². The van der Waals surface area contributed by atoms with Crippen molar-refractivity contribution in [2.75, 3.05) is 19.0 Å². The summed E-state index contributed by atoms with van der Waals surface area (Å²) in [6.07, 6.45) is 3.28. The normalized spacial score (nSPS) is 17.3. The number of amides is 1. The lowest BCUT2D eigenvalue weighted by Crippen LogP contribution is -2.43. The average Bonchev–Trinajstić information content (AvgIpc) is 3.35. The van der Waals surface area contributed by atoms with Gasteiger partial charge in [-0.25, -0.2) is 13.2 Å². The average molecular weight is 420 g/mol. The molecule has 1 atom stereocenters. The summed E-state index contributed by atoms with van der Waals surface area (Å²) >= 11 is 0. The van der Waals surface area contributed by atoms with Gasteiger partial charge in [0, 0.05) is 25.5 Å². The third-order valence-corrected chi connectivity index (χ3v) is 6.99. The van der Waals surface area contributed by atoms with E-state index in [1.54, 1.807) is 7.05 Å². The van der Waals surface area contributed by atoms with Crippen molar-refractivity contribution < 1.29 is 22.7 Å². The minimum Gasteiger partial charge on any atom is -0.464 e. The standard InChI is InChI=1S/C20H25N3O5S/c1-4-14-7-9-15(10-8-14)21-19(24)17-6-5-11-23(17)29(26,27)16-12-18(20(25)28-3)22(2)13-16/h7-10,12-13,17H,4-6,11H2,1-3H3,(H,21,24). The summed E-state index contributed by atoms with van der Waals surface area (Å²) in [5.41, 5.74) is 1.91. The third kappa shape index (κ3) is 4.20. The predicted molar refractivity (Wildman–Crippen MR) is 108 cm³/mol. The Bertz CT molecular complexity index is 1010. The van der Waals surface area contributed by atoms with Crippen molar-refractivity contribution in [3.63, 3.8) is 0 Å². The van der Waals surface area contributed by atoms with Crippen LogP contribution in [0, 0.1) is 0 Å². The smallest absolute Gasteiger partial charge is 0.354 e. The minimum absolute atomic E-state index is 0.0348. The van der Waals surface area contributed by atoms with Crippen LogP contribution in [0.3, 0.4) is 0 Å². The molecule has 1 aliphatic rings. The van der Waals surface area contributed by atoms with Gasteiger partial charge in [-0.05, 0) is 43.0 Å². The van der Waals surface area contributed by atoms with Crippen LogP contribution in [0.4, 0.5) is 5.69 Å². The van der Waals surface area contributed by atoms with Crippen molar-refractivity contribution in [1.82, 2.24) is 8.87 Å². The molecule has 29 heavy (non-hydrogen) atoms. The second kappa shape index (κ2) is 8.38. The number of nitrogens with one attached hydrogen (secondary N) is 1. The Balaban J connectivity index is 1.81. The van der Waals surface area contributed by atoms with Gasteiger partial charge in [-0.3, -0.25) is 4.79 Å². The van der Waals surface area contributed by atoms with Crippen LogP contribution in [0.1, 0.15) is 35.8 Å². The van der Waals surface area contributed by atoms with Gasteiger partial charge in [0.1, 0.15) is 16.6 Å². The number of aromatic nitrogens is 1. The lowest BCUT2D eigenvalue weighted by Gasteiger charge is -2.23. The first-order chi connectivity index (χ1) is 13.8. The van der Waals surface area contributed by atoms with E-state index in [2.05, 4.69) is 10.1 Å². The molecule has 0 radical (unpaired) electrons. The van der Waals surface area contributed by atoms with Gasteiger partial charge >= 0.3 is 5.97 Å². The van der Waals surface area contributed by atoms with Gasteiger partial charge in [-0.1, -0.05) is 19.1 Å². The molecular formula is C20H25N3O5S. The van der Waals surface area contributed by atoms with Gasteiger partial charge in [-0.2, -0.15) is 4.31 Å². The van der Waals surface area contributed by atoms with Crippen LogP contribution in [0.2, 0.25) is 0 Å². The molecule has 8 nitrogen and oxygen atoms in total. The van der Waals surface area contributed by atoms with Crippen LogP contribution in [0.15, 0.2) is 41.4 Å². The van der Waals surface area contributed by atoms with Gasteiger partial charge in [0.15, 0.2) is 0 Å². The van der Waals surface area contributed by atoms with E-state index in [4.69, 9.17) is 0 Å². The summed E-state index contributed by atoms with van der Waals surface area (Å²) in [5.74, 6) is -0.986. The molecule has 0 saturated carbocycles. The number of hydrogen-bond acceptors (Lipinski definition) is 5. The van der Waals surface area contributed by atoms with E-state index < -0.39 is 22.0 Å². The first-order valence-corrected chi connectivity index (χ1v) is 10.9. The van der Waals surface area contributed by atoms with Gasteiger partial charge < -0.3 is 14.6 Å². The molecular weight excluding hydrogens is 394 g/mol. The van der Waals surface area contributed by atoms with E-state index in [0.29, 0.717) is 18.5 Å². The van der Waals surface area contributed by atoms with E-state index in [1.165, 1.54) is 28.2 Å². The summed E-state index contributed by atoms with van der Waals surface area (Å²) in [7, 11) is -1.13. The molecule has 156 valence electrons. The van der Waals surface area contributed by atoms with Gasteiger partial charge in [0.25, 0.3) is 0 Å². The number of aryl methyl sites for hydroxylation is 2. The maximum absolute atomic E-state index is 13.1. The second-order valence-corrected chi connectivity index (χ2v) is 8.87. The first kappa shape index (κ1) is 21.1. The van der Waals surface area contributed by atoms with Crippen LogP contribution in [-0.2, 0) is 33.0 Å².